The highest BCUT2D eigenvalue weighted by Gasteiger charge is 2.33. The van der Waals surface area contributed by atoms with Crippen molar-refractivity contribution in [2.45, 2.75) is 38.6 Å². The third-order valence-corrected chi connectivity index (χ3v) is 3.90. The zero-order valence-electron chi connectivity index (χ0n) is 13.3. The standard InChI is InChI=1S/C17H19NO6/c1-10(19)24-14-7-3-5-12(9-14)16(21)18-15(17(22)23)11-4-2-6-13(20)8-11/h3,5,7,9,11,15H,2,4,6,8H2,1H3,(H,18,21)(H,22,23)/t11-,15-/m0/s1. The third-order valence-electron chi connectivity index (χ3n) is 3.90. The van der Waals surface area contributed by atoms with E-state index in [1.165, 1.54) is 31.2 Å². The monoisotopic (exact) mass is 333 g/mol. The minimum Gasteiger partial charge on any atom is -0.480 e. The SMILES string of the molecule is CC(=O)Oc1cccc(C(=O)N[C@H](C(=O)O)[C@H]2CCCC(=O)C2)c1. The van der Waals surface area contributed by atoms with E-state index in [4.69, 9.17) is 4.74 Å². The zero-order valence-corrected chi connectivity index (χ0v) is 13.3. The van der Waals surface area contributed by atoms with Crippen LogP contribution >= 0.6 is 0 Å². The Labute approximate surface area is 139 Å². The lowest BCUT2D eigenvalue weighted by Crippen LogP contribution is -2.47. The summed E-state index contributed by atoms with van der Waals surface area (Å²) in [5, 5.41) is 11.9. The summed E-state index contributed by atoms with van der Waals surface area (Å²) >= 11 is 0. The Bertz CT molecular complexity index is 669. The van der Waals surface area contributed by atoms with Crippen LogP contribution in [-0.4, -0.2) is 34.8 Å². The van der Waals surface area contributed by atoms with Gasteiger partial charge in [-0.3, -0.25) is 14.4 Å². The summed E-state index contributed by atoms with van der Waals surface area (Å²) in [6, 6.07) is 4.79. The second-order valence-electron chi connectivity index (χ2n) is 5.81. The second kappa shape index (κ2) is 7.72. The molecule has 2 N–H and O–H groups in total. The van der Waals surface area contributed by atoms with Crippen LogP contribution in [-0.2, 0) is 14.4 Å². The van der Waals surface area contributed by atoms with Gasteiger partial charge in [0.25, 0.3) is 5.91 Å². The van der Waals surface area contributed by atoms with E-state index in [-0.39, 0.29) is 23.5 Å². The lowest BCUT2D eigenvalue weighted by atomic mass is 9.83. The highest BCUT2D eigenvalue weighted by molar-refractivity contribution is 5.97. The number of carbonyl (C=O) groups excluding carboxylic acids is 3. The molecule has 0 spiro atoms. The highest BCUT2D eigenvalue weighted by Crippen LogP contribution is 2.25. The Morgan fingerprint density at radius 3 is 2.71 bits per heavy atom. The van der Waals surface area contributed by atoms with Crippen LogP contribution < -0.4 is 10.1 Å². The van der Waals surface area contributed by atoms with Crippen LogP contribution in [0.25, 0.3) is 0 Å². The molecule has 24 heavy (non-hydrogen) atoms. The molecular weight excluding hydrogens is 314 g/mol. The molecule has 0 aromatic heterocycles. The first kappa shape index (κ1) is 17.7. The number of rotatable bonds is 5. The van der Waals surface area contributed by atoms with Crippen molar-refractivity contribution in [1.29, 1.82) is 0 Å². The molecule has 1 amide bonds. The van der Waals surface area contributed by atoms with Crippen molar-refractivity contribution in [2.75, 3.05) is 0 Å². The third kappa shape index (κ3) is 4.65. The van der Waals surface area contributed by atoms with Gasteiger partial charge in [-0.25, -0.2) is 4.79 Å². The maximum absolute atomic E-state index is 12.3. The number of carboxylic acid groups (broad SMARTS) is 1. The molecule has 0 unspecified atom stereocenters. The van der Waals surface area contributed by atoms with Gasteiger partial charge >= 0.3 is 11.9 Å². The fourth-order valence-electron chi connectivity index (χ4n) is 2.82. The number of benzene rings is 1. The quantitative estimate of drug-likeness (QED) is 0.625. The fraction of sp³-hybridized carbons (Fsp3) is 0.412. The van der Waals surface area contributed by atoms with Gasteiger partial charge in [-0.2, -0.15) is 0 Å². The van der Waals surface area contributed by atoms with E-state index in [2.05, 4.69) is 5.32 Å². The minimum atomic E-state index is -1.17. The molecule has 0 heterocycles. The average Bonchev–Trinajstić information content (AvgIpc) is 2.51. The van der Waals surface area contributed by atoms with Crippen molar-refractivity contribution in [3.05, 3.63) is 29.8 Å². The molecule has 128 valence electrons. The number of carbonyl (C=O) groups is 4. The average molecular weight is 333 g/mol. The van der Waals surface area contributed by atoms with Crippen molar-refractivity contribution in [1.82, 2.24) is 5.32 Å². The topological polar surface area (TPSA) is 110 Å². The Balaban J connectivity index is 2.11. The van der Waals surface area contributed by atoms with E-state index in [0.29, 0.717) is 19.3 Å². The van der Waals surface area contributed by atoms with Crippen molar-refractivity contribution < 1.29 is 29.0 Å². The first-order chi connectivity index (χ1) is 11.4. The van der Waals surface area contributed by atoms with Gasteiger partial charge in [0.1, 0.15) is 17.6 Å². The summed E-state index contributed by atoms with van der Waals surface area (Å²) < 4.78 is 4.91. The molecule has 0 radical (unpaired) electrons. The summed E-state index contributed by atoms with van der Waals surface area (Å²) in [6.07, 6.45) is 1.83. The lowest BCUT2D eigenvalue weighted by molar-refractivity contribution is -0.141. The molecule has 1 aliphatic carbocycles. The van der Waals surface area contributed by atoms with E-state index in [1.807, 2.05) is 0 Å². The van der Waals surface area contributed by atoms with Gasteiger partial charge in [-0.15, -0.1) is 0 Å². The van der Waals surface area contributed by atoms with E-state index in [0.717, 1.165) is 0 Å². The summed E-state index contributed by atoms with van der Waals surface area (Å²) in [5.74, 6) is -2.46. The van der Waals surface area contributed by atoms with Crippen molar-refractivity contribution in [2.24, 2.45) is 5.92 Å². The number of carboxylic acids is 1. The number of amides is 1. The van der Waals surface area contributed by atoms with Crippen LogP contribution in [0.4, 0.5) is 0 Å². The van der Waals surface area contributed by atoms with E-state index in [9.17, 15) is 24.3 Å². The number of ether oxygens (including phenoxy) is 1. The molecule has 0 saturated heterocycles. The van der Waals surface area contributed by atoms with Gasteiger partial charge in [0, 0.05) is 25.3 Å². The molecule has 1 fully saturated rings. The van der Waals surface area contributed by atoms with Gasteiger partial charge in [-0.05, 0) is 37.0 Å². The van der Waals surface area contributed by atoms with Gasteiger partial charge < -0.3 is 15.2 Å². The Morgan fingerprint density at radius 1 is 1.33 bits per heavy atom. The Kier molecular flexibility index (Phi) is 5.68. The van der Waals surface area contributed by atoms with Gasteiger partial charge in [0.2, 0.25) is 0 Å². The smallest absolute Gasteiger partial charge is 0.326 e. The maximum atomic E-state index is 12.3. The molecule has 0 aliphatic heterocycles. The fourth-order valence-corrected chi connectivity index (χ4v) is 2.82. The van der Waals surface area contributed by atoms with E-state index >= 15 is 0 Å². The zero-order chi connectivity index (χ0) is 17.7. The minimum absolute atomic E-state index is 0.0172. The molecule has 0 bridgehead atoms. The van der Waals surface area contributed by atoms with Crippen LogP contribution in [0.2, 0.25) is 0 Å². The second-order valence-corrected chi connectivity index (χ2v) is 5.81. The number of Topliss-reactive ketones (excluding diaryl/α,β-unsaturated/α-hetero) is 1. The number of hydrogen-bond donors (Lipinski definition) is 2. The van der Waals surface area contributed by atoms with E-state index < -0.39 is 29.8 Å². The summed E-state index contributed by atoms with van der Waals surface area (Å²) in [6.45, 7) is 1.24. The van der Waals surface area contributed by atoms with Crippen molar-refractivity contribution in [3.8, 4) is 5.75 Å². The number of aliphatic carboxylic acids is 1. The number of hydrogen-bond acceptors (Lipinski definition) is 5. The Hall–Kier alpha value is -2.70. The first-order valence-corrected chi connectivity index (χ1v) is 7.70. The highest BCUT2D eigenvalue weighted by atomic mass is 16.5. The van der Waals surface area contributed by atoms with Gasteiger partial charge in [0.05, 0.1) is 0 Å². The molecule has 2 rings (SSSR count). The van der Waals surface area contributed by atoms with Gasteiger partial charge in [-0.1, -0.05) is 6.07 Å². The van der Waals surface area contributed by atoms with Crippen LogP contribution in [0.5, 0.6) is 5.75 Å². The molecule has 1 aromatic rings. The van der Waals surface area contributed by atoms with Crippen LogP contribution in [0.3, 0.4) is 0 Å². The predicted octanol–water partition coefficient (Wildman–Crippen LogP) is 1.55. The summed E-state index contributed by atoms with van der Waals surface area (Å²) in [4.78, 5) is 46.3. The van der Waals surface area contributed by atoms with Crippen molar-refractivity contribution in [3.63, 3.8) is 0 Å². The molecule has 2 atom stereocenters. The molecule has 1 saturated carbocycles. The summed E-state index contributed by atoms with van der Waals surface area (Å²) in [7, 11) is 0. The largest absolute Gasteiger partial charge is 0.480 e. The number of ketones is 1. The van der Waals surface area contributed by atoms with E-state index in [1.54, 1.807) is 0 Å². The van der Waals surface area contributed by atoms with Crippen LogP contribution in [0.15, 0.2) is 24.3 Å². The molecule has 7 nitrogen and oxygen atoms in total. The maximum Gasteiger partial charge on any atom is 0.326 e. The molecule has 7 heteroatoms. The van der Waals surface area contributed by atoms with Gasteiger partial charge in [0.15, 0.2) is 0 Å². The lowest BCUT2D eigenvalue weighted by Gasteiger charge is -2.27. The summed E-state index contributed by atoms with van der Waals surface area (Å²) in [5.41, 5.74) is 0.183. The molecule has 1 aliphatic rings. The number of esters is 1. The van der Waals surface area contributed by atoms with Crippen LogP contribution in [0, 0.1) is 5.92 Å². The van der Waals surface area contributed by atoms with Crippen LogP contribution in [0.1, 0.15) is 43.0 Å². The normalized spacial score (nSPS) is 18.5. The molecule has 1 aromatic carbocycles. The Morgan fingerprint density at radius 2 is 2.08 bits per heavy atom. The van der Waals surface area contributed by atoms with Crippen molar-refractivity contribution >= 4 is 23.6 Å². The predicted molar refractivity (Wildman–Crippen MR) is 83.6 cm³/mol. The first-order valence-electron chi connectivity index (χ1n) is 7.70. The number of nitrogens with one attached hydrogen (secondary N) is 1. The molecular formula is C17H19NO6.